The summed E-state index contributed by atoms with van der Waals surface area (Å²) in [4.78, 5) is 0. The Morgan fingerprint density at radius 1 is 0.176 bits per heavy atom. The first kappa shape index (κ1) is 56.9. The summed E-state index contributed by atoms with van der Waals surface area (Å²) in [6.07, 6.45) is 53.8. The van der Waals surface area contributed by atoms with Gasteiger partial charge in [-0.2, -0.15) is 0 Å². The summed E-state index contributed by atoms with van der Waals surface area (Å²) in [5.74, 6) is 0. The molecular formula is C48H104OSn2. The Labute approximate surface area is 341 Å². The molecule has 0 amide bonds. The van der Waals surface area contributed by atoms with Crippen molar-refractivity contribution < 1.29 is 5.48 Å². The zero-order valence-corrected chi connectivity index (χ0v) is 42.9. The molecule has 0 aliphatic heterocycles. The summed E-state index contributed by atoms with van der Waals surface area (Å²) in [7, 11) is 0. The number of hydrogen-bond acceptors (Lipinski definition) is 0. The van der Waals surface area contributed by atoms with Crippen LogP contribution >= 0.6 is 0 Å². The Balaban J connectivity index is -0.000000886. The van der Waals surface area contributed by atoms with E-state index in [4.69, 9.17) is 0 Å². The summed E-state index contributed by atoms with van der Waals surface area (Å²) < 4.78 is 10.3. The Hall–Kier alpha value is 1.56. The van der Waals surface area contributed by atoms with Crippen LogP contribution in [0.4, 0.5) is 0 Å². The minimum atomic E-state index is -1.02. The van der Waals surface area contributed by atoms with E-state index >= 15 is 0 Å². The Bertz CT molecular complexity index is 431. The largest absolute Gasteiger partial charge is 0.412 e. The van der Waals surface area contributed by atoms with Crippen LogP contribution in [0.25, 0.3) is 0 Å². The molecule has 0 fully saturated rings. The van der Waals surface area contributed by atoms with Crippen LogP contribution in [0.1, 0.15) is 273 Å². The Morgan fingerprint density at radius 2 is 0.294 bits per heavy atom. The van der Waals surface area contributed by atoms with Crippen LogP contribution < -0.4 is 0 Å². The summed E-state index contributed by atoms with van der Waals surface area (Å²) in [5, 5.41) is 0. The van der Waals surface area contributed by atoms with Crippen LogP contribution in [0.15, 0.2) is 0 Å². The molecule has 0 aromatic carbocycles. The van der Waals surface area contributed by atoms with E-state index in [0.717, 1.165) is 0 Å². The van der Waals surface area contributed by atoms with Crippen LogP contribution in [-0.2, 0) is 0 Å². The van der Waals surface area contributed by atoms with Crippen molar-refractivity contribution in [1.29, 1.82) is 0 Å². The maximum absolute atomic E-state index is 2.33. The molecule has 2 radical (unpaired) electrons. The Morgan fingerprint density at radius 3 is 0.431 bits per heavy atom. The molecule has 0 aromatic heterocycles. The third-order valence-corrected chi connectivity index (χ3v) is 29.5. The van der Waals surface area contributed by atoms with Crippen LogP contribution in [0, 0.1) is 0 Å². The van der Waals surface area contributed by atoms with Crippen LogP contribution in [0.3, 0.4) is 0 Å². The molecule has 2 N–H and O–H groups in total. The number of unbranched alkanes of at least 4 members (excludes halogenated alkanes) is 30. The first-order chi connectivity index (χ1) is 24.7. The molecule has 51 heavy (non-hydrogen) atoms. The molecule has 0 saturated carbocycles. The topological polar surface area (TPSA) is 31.5 Å². The van der Waals surface area contributed by atoms with Gasteiger partial charge in [0.05, 0.1) is 0 Å². The fraction of sp³-hybridized carbons (Fsp3) is 1.00. The van der Waals surface area contributed by atoms with Gasteiger partial charge in [0.2, 0.25) is 0 Å². The van der Waals surface area contributed by atoms with Gasteiger partial charge in [0.25, 0.3) is 0 Å². The van der Waals surface area contributed by atoms with Gasteiger partial charge >= 0.3 is 339 Å². The van der Waals surface area contributed by atoms with E-state index in [1.165, 1.54) is 193 Å². The van der Waals surface area contributed by atoms with Gasteiger partial charge in [-0.1, -0.05) is 0 Å². The predicted octanol–water partition coefficient (Wildman–Crippen LogP) is 18.3. The quantitative estimate of drug-likeness (QED) is 0.0431. The molecule has 1 nitrogen and oxygen atoms in total. The van der Waals surface area contributed by atoms with Gasteiger partial charge in [-0.3, -0.25) is 0 Å². The second-order valence-electron chi connectivity index (χ2n) is 16.6. The third-order valence-electron chi connectivity index (χ3n) is 11.3. The van der Waals surface area contributed by atoms with E-state index in [-0.39, 0.29) is 5.48 Å². The van der Waals surface area contributed by atoms with Crippen LogP contribution in [0.5, 0.6) is 0 Å². The molecule has 0 heterocycles. The SMILES string of the molecule is CCCCCCC[CH2][Sn]([CH2]CCCCCCC)[CH2]CCCCCCC.CCCCCCC[CH2][Sn]([CH2]CCCCCCC)[CH2]CCCCCCC.O. The van der Waals surface area contributed by atoms with Crippen molar-refractivity contribution in [2.45, 2.75) is 299 Å². The minimum Gasteiger partial charge on any atom is -0.412 e. The summed E-state index contributed by atoms with van der Waals surface area (Å²) >= 11 is -2.03. The maximum atomic E-state index is 2.33. The number of rotatable bonds is 42. The van der Waals surface area contributed by atoms with Crippen molar-refractivity contribution in [2.24, 2.45) is 0 Å². The van der Waals surface area contributed by atoms with Crippen molar-refractivity contribution in [3.63, 3.8) is 0 Å². The fourth-order valence-electron chi connectivity index (χ4n) is 7.68. The van der Waals surface area contributed by atoms with Crippen molar-refractivity contribution in [2.75, 3.05) is 0 Å². The molecular weight excluding hydrogens is 830 g/mol. The van der Waals surface area contributed by atoms with Gasteiger partial charge in [0.15, 0.2) is 0 Å². The van der Waals surface area contributed by atoms with E-state index in [1.54, 1.807) is 65.1 Å². The second-order valence-corrected chi connectivity index (χ2v) is 33.7. The molecule has 0 aromatic rings. The summed E-state index contributed by atoms with van der Waals surface area (Å²) in [6.45, 7) is 14.0. The smallest absolute Gasteiger partial charge is 0.412 e. The molecule has 0 rings (SSSR count). The standard InChI is InChI=1S/6C8H17.H2O.2Sn/c6*1-3-5-7-8-6-4-2;;;/h6*1,3-8H2,2H3;1H2;;. The minimum absolute atomic E-state index is 0. The van der Waals surface area contributed by atoms with Gasteiger partial charge in [-0.05, 0) is 0 Å². The van der Waals surface area contributed by atoms with Gasteiger partial charge in [-0.15, -0.1) is 0 Å². The van der Waals surface area contributed by atoms with Gasteiger partial charge in [-0.25, -0.2) is 0 Å². The first-order valence-electron chi connectivity index (χ1n) is 24.4. The summed E-state index contributed by atoms with van der Waals surface area (Å²) in [5.41, 5.74) is 0. The molecule has 0 atom stereocenters. The fourth-order valence-corrected chi connectivity index (χ4v) is 24.8. The molecule has 0 spiro atoms. The predicted molar refractivity (Wildman–Crippen MR) is 244 cm³/mol. The monoisotopic (exact) mass is 937 g/mol. The molecule has 3 heteroatoms. The van der Waals surface area contributed by atoms with Crippen molar-refractivity contribution >= 4 is 39.5 Å². The van der Waals surface area contributed by atoms with E-state index in [2.05, 4.69) is 41.5 Å². The van der Waals surface area contributed by atoms with Crippen molar-refractivity contribution in [1.82, 2.24) is 0 Å². The summed E-state index contributed by atoms with van der Waals surface area (Å²) in [6, 6.07) is 0. The third kappa shape index (κ3) is 51.6. The van der Waals surface area contributed by atoms with Crippen molar-refractivity contribution in [3.05, 3.63) is 0 Å². The molecule has 0 aliphatic rings. The zero-order valence-electron chi connectivity index (χ0n) is 37.2. The van der Waals surface area contributed by atoms with Crippen LogP contribution in [-0.4, -0.2) is 45.0 Å². The second kappa shape index (κ2) is 53.7. The number of hydrogen-bond donors (Lipinski definition) is 0. The molecule has 0 unspecified atom stereocenters. The van der Waals surface area contributed by atoms with E-state index < -0.39 is 39.5 Å². The molecule has 0 aliphatic carbocycles. The van der Waals surface area contributed by atoms with E-state index in [1.807, 2.05) is 0 Å². The van der Waals surface area contributed by atoms with Crippen LogP contribution in [0.2, 0.25) is 26.6 Å². The van der Waals surface area contributed by atoms with E-state index in [0.29, 0.717) is 0 Å². The van der Waals surface area contributed by atoms with Gasteiger partial charge in [0, 0.05) is 0 Å². The average molecular weight is 935 g/mol. The average Bonchev–Trinajstić information content (AvgIpc) is 3.13. The molecule has 0 saturated heterocycles. The maximum Gasteiger partial charge on any atom is -0.412 e. The van der Waals surface area contributed by atoms with Gasteiger partial charge < -0.3 is 5.48 Å². The van der Waals surface area contributed by atoms with Crippen molar-refractivity contribution in [3.8, 4) is 0 Å². The zero-order chi connectivity index (χ0) is 36.9. The molecule has 310 valence electrons. The Kier molecular flexibility index (Phi) is 59.9. The van der Waals surface area contributed by atoms with E-state index in [9.17, 15) is 0 Å². The normalized spacial score (nSPS) is 11.3. The first-order valence-corrected chi connectivity index (χ1v) is 36.5. The van der Waals surface area contributed by atoms with Gasteiger partial charge in [0.1, 0.15) is 0 Å². The molecule has 0 bridgehead atoms.